The summed E-state index contributed by atoms with van der Waals surface area (Å²) in [5.41, 5.74) is 3.45. The van der Waals surface area contributed by atoms with Gasteiger partial charge in [-0.2, -0.15) is 5.26 Å². The lowest BCUT2D eigenvalue weighted by Gasteiger charge is -2.16. The molecule has 0 saturated heterocycles. The molecule has 1 N–H and O–H groups in total. The molecule has 0 aliphatic heterocycles. The van der Waals surface area contributed by atoms with Crippen LogP contribution in [0.4, 0.5) is 5.69 Å². The van der Waals surface area contributed by atoms with E-state index in [0.29, 0.717) is 23.0 Å². The minimum absolute atomic E-state index is 0.0213. The Morgan fingerprint density at radius 1 is 1.19 bits per heavy atom. The van der Waals surface area contributed by atoms with Crippen molar-refractivity contribution in [3.63, 3.8) is 0 Å². The van der Waals surface area contributed by atoms with E-state index in [1.165, 1.54) is 7.05 Å². The van der Waals surface area contributed by atoms with Crippen LogP contribution in [0.1, 0.15) is 67.3 Å². The number of aromatic nitrogens is 1. The Balaban J connectivity index is 2.72. The maximum atomic E-state index is 12.1. The van der Waals surface area contributed by atoms with E-state index in [1.54, 1.807) is 13.1 Å². The quantitative estimate of drug-likeness (QED) is 0.836. The second-order valence-electron chi connectivity index (χ2n) is 7.07. The standard InChI is InChI=1S/C21H25N3O2/c1-12(2)15-8-7-9-16(13(3)4)19(15)23-11-18-14(5)17(10-22)20(25)24(6)21(18)26/h7-9,11-13,26H,1-6H3. The van der Waals surface area contributed by atoms with Crippen LogP contribution in [-0.4, -0.2) is 15.9 Å². The van der Waals surface area contributed by atoms with Crippen LogP contribution in [0.2, 0.25) is 0 Å². The first-order valence-corrected chi connectivity index (χ1v) is 8.70. The number of aromatic hydroxyl groups is 1. The van der Waals surface area contributed by atoms with Gasteiger partial charge < -0.3 is 5.11 Å². The van der Waals surface area contributed by atoms with E-state index in [0.717, 1.165) is 21.4 Å². The third-order valence-corrected chi connectivity index (χ3v) is 4.63. The average Bonchev–Trinajstić information content (AvgIpc) is 2.59. The highest BCUT2D eigenvalue weighted by atomic mass is 16.3. The molecule has 5 heteroatoms. The van der Waals surface area contributed by atoms with Gasteiger partial charge in [-0.25, -0.2) is 0 Å². The number of nitrogens with zero attached hydrogens (tertiary/aromatic N) is 3. The molecule has 0 spiro atoms. The number of rotatable bonds is 4. The number of benzene rings is 1. The predicted octanol–water partition coefficient (Wildman–Crippen LogP) is 4.27. The van der Waals surface area contributed by atoms with Crippen LogP contribution in [0.15, 0.2) is 28.0 Å². The molecular formula is C21H25N3O2. The van der Waals surface area contributed by atoms with Crippen molar-refractivity contribution in [3.8, 4) is 11.9 Å². The molecule has 0 radical (unpaired) electrons. The van der Waals surface area contributed by atoms with Crippen molar-refractivity contribution in [2.24, 2.45) is 12.0 Å². The van der Waals surface area contributed by atoms with Crippen molar-refractivity contribution in [1.82, 2.24) is 4.57 Å². The first kappa shape index (κ1) is 19.5. The van der Waals surface area contributed by atoms with Gasteiger partial charge in [0.05, 0.1) is 11.3 Å². The lowest BCUT2D eigenvalue weighted by Crippen LogP contribution is -2.22. The summed E-state index contributed by atoms with van der Waals surface area (Å²) < 4.78 is 1.07. The molecule has 0 amide bonds. The van der Waals surface area contributed by atoms with E-state index in [-0.39, 0.29) is 11.4 Å². The van der Waals surface area contributed by atoms with Crippen molar-refractivity contribution in [2.75, 3.05) is 0 Å². The lowest BCUT2D eigenvalue weighted by atomic mass is 9.93. The van der Waals surface area contributed by atoms with Crippen LogP contribution >= 0.6 is 0 Å². The lowest BCUT2D eigenvalue weighted by molar-refractivity contribution is 0.421. The number of hydrogen-bond acceptors (Lipinski definition) is 4. The minimum Gasteiger partial charge on any atom is -0.494 e. The molecule has 2 aromatic rings. The topological polar surface area (TPSA) is 78.4 Å². The highest BCUT2D eigenvalue weighted by Crippen LogP contribution is 2.35. The number of para-hydroxylation sites is 1. The molecule has 0 fully saturated rings. The summed E-state index contributed by atoms with van der Waals surface area (Å²) >= 11 is 0. The van der Waals surface area contributed by atoms with E-state index >= 15 is 0 Å². The molecule has 1 aromatic heterocycles. The molecule has 0 unspecified atom stereocenters. The third kappa shape index (κ3) is 3.41. The van der Waals surface area contributed by atoms with Gasteiger partial charge in [-0.15, -0.1) is 0 Å². The van der Waals surface area contributed by atoms with Gasteiger partial charge in [-0.3, -0.25) is 14.4 Å². The van der Waals surface area contributed by atoms with Crippen LogP contribution in [0.3, 0.4) is 0 Å². The van der Waals surface area contributed by atoms with E-state index in [2.05, 4.69) is 44.8 Å². The van der Waals surface area contributed by atoms with Gasteiger partial charge in [0.1, 0.15) is 11.6 Å². The molecule has 0 bridgehead atoms. The zero-order valence-electron chi connectivity index (χ0n) is 16.2. The zero-order chi connectivity index (χ0) is 19.6. The van der Waals surface area contributed by atoms with E-state index in [4.69, 9.17) is 0 Å². The first-order valence-electron chi connectivity index (χ1n) is 8.70. The number of pyridine rings is 1. The molecule has 136 valence electrons. The Morgan fingerprint density at radius 3 is 2.19 bits per heavy atom. The molecule has 0 saturated carbocycles. The summed E-state index contributed by atoms with van der Waals surface area (Å²) in [7, 11) is 1.44. The average molecular weight is 351 g/mol. The Hall–Kier alpha value is -2.87. The molecule has 0 atom stereocenters. The van der Waals surface area contributed by atoms with Crippen LogP contribution in [0.25, 0.3) is 0 Å². The van der Waals surface area contributed by atoms with E-state index in [9.17, 15) is 15.2 Å². The molecule has 1 heterocycles. The maximum Gasteiger partial charge on any atom is 0.271 e. The summed E-state index contributed by atoms with van der Waals surface area (Å²) in [5, 5.41) is 19.6. The number of aliphatic imine (C=N–C) groups is 1. The van der Waals surface area contributed by atoms with Crippen molar-refractivity contribution in [3.05, 3.63) is 56.4 Å². The number of hydrogen-bond donors (Lipinski definition) is 1. The monoisotopic (exact) mass is 351 g/mol. The number of nitriles is 1. The fourth-order valence-electron chi connectivity index (χ4n) is 2.98. The Morgan fingerprint density at radius 2 is 1.73 bits per heavy atom. The van der Waals surface area contributed by atoms with Crippen molar-refractivity contribution in [2.45, 2.75) is 46.5 Å². The minimum atomic E-state index is -0.509. The smallest absolute Gasteiger partial charge is 0.271 e. The van der Waals surface area contributed by atoms with Gasteiger partial charge in [-0.05, 0) is 35.4 Å². The van der Waals surface area contributed by atoms with Gasteiger partial charge >= 0.3 is 0 Å². The summed E-state index contributed by atoms with van der Waals surface area (Å²) in [6.45, 7) is 10.1. The van der Waals surface area contributed by atoms with Crippen molar-refractivity contribution < 1.29 is 5.11 Å². The molecule has 26 heavy (non-hydrogen) atoms. The van der Waals surface area contributed by atoms with Crippen LogP contribution in [0, 0.1) is 18.3 Å². The molecule has 2 rings (SSSR count). The Kier molecular flexibility index (Phi) is 5.66. The molecule has 0 aliphatic rings. The summed E-state index contributed by atoms with van der Waals surface area (Å²) in [5.74, 6) is 0.402. The van der Waals surface area contributed by atoms with Crippen LogP contribution in [0.5, 0.6) is 5.88 Å². The van der Waals surface area contributed by atoms with Gasteiger partial charge in [0.15, 0.2) is 0 Å². The second kappa shape index (κ2) is 7.57. The second-order valence-corrected chi connectivity index (χ2v) is 7.07. The molecular weight excluding hydrogens is 326 g/mol. The van der Waals surface area contributed by atoms with Crippen LogP contribution in [-0.2, 0) is 7.05 Å². The highest BCUT2D eigenvalue weighted by Gasteiger charge is 2.17. The summed E-state index contributed by atoms with van der Waals surface area (Å²) in [6, 6.07) is 8.06. The van der Waals surface area contributed by atoms with Crippen LogP contribution < -0.4 is 5.56 Å². The fraction of sp³-hybridized carbons (Fsp3) is 0.381. The predicted molar refractivity (Wildman–Crippen MR) is 105 cm³/mol. The Labute approximate surface area is 154 Å². The highest BCUT2D eigenvalue weighted by molar-refractivity contribution is 5.88. The zero-order valence-corrected chi connectivity index (χ0v) is 16.2. The normalized spacial score (nSPS) is 11.5. The molecule has 0 aliphatic carbocycles. The summed E-state index contributed by atoms with van der Waals surface area (Å²) in [6.07, 6.45) is 1.55. The largest absolute Gasteiger partial charge is 0.494 e. The van der Waals surface area contributed by atoms with Gasteiger partial charge in [0.25, 0.3) is 5.56 Å². The van der Waals surface area contributed by atoms with Gasteiger partial charge in [-0.1, -0.05) is 45.9 Å². The first-order chi connectivity index (χ1) is 12.2. The van der Waals surface area contributed by atoms with Gasteiger partial charge in [0.2, 0.25) is 5.88 Å². The molecule has 1 aromatic carbocycles. The summed E-state index contributed by atoms with van der Waals surface area (Å²) in [4.78, 5) is 16.8. The molecule has 5 nitrogen and oxygen atoms in total. The van der Waals surface area contributed by atoms with Crippen molar-refractivity contribution >= 4 is 11.9 Å². The van der Waals surface area contributed by atoms with E-state index < -0.39 is 5.56 Å². The third-order valence-electron chi connectivity index (χ3n) is 4.63. The fourth-order valence-corrected chi connectivity index (χ4v) is 2.98. The van der Waals surface area contributed by atoms with Crippen molar-refractivity contribution in [1.29, 1.82) is 5.26 Å². The van der Waals surface area contributed by atoms with Gasteiger partial charge in [0, 0.05) is 13.3 Å². The van der Waals surface area contributed by atoms with E-state index in [1.807, 2.05) is 12.1 Å². The maximum absolute atomic E-state index is 12.1. The SMILES string of the molecule is Cc1c(C=Nc2c(C(C)C)cccc2C(C)C)c(O)n(C)c(=O)c1C#N. The Bertz CT molecular complexity index is 934.